The zero-order chi connectivity index (χ0) is 6.78. The lowest BCUT2D eigenvalue weighted by Crippen LogP contribution is -2.27. The van der Waals surface area contributed by atoms with Crippen molar-refractivity contribution in [2.45, 2.75) is 2.45 Å². The second-order valence-electron chi connectivity index (χ2n) is 1.08. The quantitative estimate of drug-likeness (QED) is 0.269. The van der Waals surface area contributed by atoms with E-state index in [4.69, 9.17) is 5.11 Å². The number of nitrogens with zero attached hydrogens (tertiary/aromatic N) is 1. The van der Waals surface area contributed by atoms with Gasteiger partial charge in [-0.3, -0.25) is 10.1 Å². The lowest BCUT2D eigenvalue weighted by molar-refractivity contribution is -0.503. The highest BCUT2D eigenvalue weighted by Crippen LogP contribution is 2.25. The van der Waals surface area contributed by atoms with Gasteiger partial charge in [0, 0.05) is 38.5 Å². The summed E-state index contributed by atoms with van der Waals surface area (Å²) in [4.78, 5) is 9.24. The minimum absolute atomic E-state index is 0.513. The second-order valence-corrected chi connectivity index (χ2v) is 5.66. The van der Waals surface area contributed by atoms with Crippen LogP contribution in [0.2, 0.25) is 0 Å². The van der Waals surface area contributed by atoms with E-state index in [-0.39, 0.29) is 0 Å². The molecule has 0 aromatic carbocycles. The van der Waals surface area contributed by atoms with Gasteiger partial charge in [-0.05, 0) is 0 Å². The lowest BCUT2D eigenvalue weighted by Gasteiger charge is -2.05. The maximum Gasteiger partial charge on any atom is 0.343 e. The molecule has 8 heavy (non-hydrogen) atoms. The van der Waals surface area contributed by atoms with E-state index in [0.717, 1.165) is 0 Å². The molecular weight excluding hydrogens is 293 g/mol. The van der Waals surface area contributed by atoms with Crippen molar-refractivity contribution < 1.29 is 10.0 Å². The van der Waals surface area contributed by atoms with E-state index in [1.807, 2.05) is 0 Å². The number of aliphatic hydroxyl groups excluding tert-OH is 1. The van der Waals surface area contributed by atoms with Crippen molar-refractivity contribution >= 4 is 38.5 Å². The molecule has 0 aromatic heterocycles. The predicted molar refractivity (Wildman–Crippen MR) is 39.8 cm³/mol. The molecule has 1 atom stereocenters. The fraction of sp³-hybridized carbons (Fsp3) is 1.00. The molecule has 0 aliphatic carbocycles. The Morgan fingerprint density at radius 1 is 2.00 bits per heavy atom. The molecule has 1 unspecified atom stereocenters. The van der Waals surface area contributed by atoms with Crippen LogP contribution in [0.1, 0.15) is 0 Å². The van der Waals surface area contributed by atoms with E-state index < -0.39 is 14.0 Å². The molecule has 0 bridgehead atoms. The van der Waals surface area contributed by atoms with Gasteiger partial charge in [-0.15, -0.1) is 0 Å². The van der Waals surface area contributed by atoms with Gasteiger partial charge in [-0.25, -0.2) is 0 Å². The summed E-state index contributed by atoms with van der Waals surface area (Å²) in [5.74, 6) is 0. The van der Waals surface area contributed by atoms with Crippen LogP contribution >= 0.6 is 38.5 Å². The average molecular weight is 296 g/mol. The van der Waals surface area contributed by atoms with Gasteiger partial charge >= 0.3 is 2.45 Å². The molecule has 4 nitrogen and oxygen atoms in total. The zero-order valence-corrected chi connectivity index (χ0v) is 7.42. The molecule has 0 heterocycles. The minimum Gasteiger partial charge on any atom is -0.387 e. The summed E-state index contributed by atoms with van der Waals surface area (Å²) >= 11 is 4.18. The summed E-state index contributed by atoms with van der Waals surface area (Å²) in [7, 11) is 0. The Bertz CT molecular complexity index is 105. The van der Waals surface area contributed by atoms with Crippen molar-refractivity contribution in [3.63, 3.8) is 0 Å². The predicted octanol–water partition coefficient (Wildman–Crippen LogP) is 0.739. The molecule has 0 aliphatic rings. The van der Waals surface area contributed by atoms with Gasteiger partial charge in [-0.2, -0.15) is 0 Å². The molecule has 0 saturated carbocycles. The minimum atomic E-state index is -1.40. The first-order valence-corrected chi connectivity index (χ1v) is 3.51. The van der Waals surface area contributed by atoms with E-state index >= 15 is 0 Å². The first kappa shape index (κ1) is 8.57. The Balaban J connectivity index is 3.91. The number of hydrogen-bond donors (Lipinski definition) is 1. The average Bonchev–Trinajstić information content (AvgIpc) is 1.67. The van der Waals surface area contributed by atoms with Crippen LogP contribution in [-0.4, -0.2) is 19.1 Å². The summed E-state index contributed by atoms with van der Waals surface area (Å²) in [6.45, 7) is -0.513. The van der Waals surface area contributed by atoms with Crippen molar-refractivity contribution in [1.82, 2.24) is 0 Å². The largest absolute Gasteiger partial charge is 0.387 e. The number of hydrogen-bond acceptors (Lipinski definition) is 3. The lowest BCUT2D eigenvalue weighted by atomic mass is 10.7. The molecule has 0 aliphatic heterocycles. The van der Waals surface area contributed by atoms with Crippen LogP contribution in [0.15, 0.2) is 0 Å². The Morgan fingerprint density at radius 2 is 2.38 bits per heavy atom. The molecule has 0 amide bonds. The number of aliphatic hydroxyl groups is 1. The van der Waals surface area contributed by atoms with Crippen LogP contribution in [0.5, 0.6) is 0 Å². The van der Waals surface area contributed by atoms with Crippen molar-refractivity contribution in [3.8, 4) is 0 Å². The highest BCUT2D eigenvalue weighted by atomic mass is 127. The fourth-order valence-electron chi connectivity index (χ4n) is 0.0577. The monoisotopic (exact) mass is 295 g/mol. The first-order chi connectivity index (χ1) is 3.50. The van der Waals surface area contributed by atoms with Gasteiger partial charge in [0.05, 0.1) is 4.92 Å². The van der Waals surface area contributed by atoms with Crippen LogP contribution < -0.4 is 0 Å². The topological polar surface area (TPSA) is 63.4 Å². The summed E-state index contributed by atoms with van der Waals surface area (Å²) in [5.41, 5.74) is 0. The van der Waals surface area contributed by atoms with Crippen molar-refractivity contribution in [3.05, 3.63) is 10.1 Å². The summed E-state index contributed by atoms with van der Waals surface area (Å²) in [6, 6.07) is 0. The van der Waals surface area contributed by atoms with Crippen molar-refractivity contribution in [1.29, 1.82) is 0 Å². The summed E-state index contributed by atoms with van der Waals surface area (Å²) in [6.07, 6.45) is 0. The molecule has 0 rings (SSSR count). The Hall–Kier alpha value is 0.570. The molecule has 1 N–H and O–H groups in total. The van der Waals surface area contributed by atoms with Gasteiger partial charge in [0.25, 0.3) is 0 Å². The Labute approximate surface area is 67.7 Å². The molecule has 0 aromatic rings. The summed E-state index contributed by atoms with van der Waals surface area (Å²) < 4.78 is -1.40. The third-order valence-corrected chi connectivity index (χ3v) is 1.73. The number of rotatable bonds is 2. The second kappa shape index (κ2) is 2.92. The zero-order valence-electron chi connectivity index (χ0n) is 3.67. The normalized spacial score (nSPS) is 17.4. The molecule has 0 saturated heterocycles. The van der Waals surface area contributed by atoms with E-state index in [0.29, 0.717) is 0 Å². The maximum atomic E-state index is 9.84. The smallest absolute Gasteiger partial charge is 0.343 e. The third kappa shape index (κ3) is 2.23. The van der Waals surface area contributed by atoms with E-state index in [1.165, 1.54) is 22.6 Å². The van der Waals surface area contributed by atoms with Crippen LogP contribution in [0, 0.1) is 10.1 Å². The Kier molecular flexibility index (Phi) is 3.13. The molecule has 6 heteroatoms. The van der Waals surface area contributed by atoms with E-state index in [2.05, 4.69) is 15.9 Å². The van der Waals surface area contributed by atoms with Crippen LogP contribution in [0.25, 0.3) is 0 Å². The number of halogens is 2. The van der Waals surface area contributed by atoms with Crippen molar-refractivity contribution in [2.75, 3.05) is 6.61 Å². The SMILES string of the molecule is O=[N+]([O-])C(Br)(I)CO. The number of alkyl halides is 2. The molecule has 0 fully saturated rings. The third-order valence-electron chi connectivity index (χ3n) is 0.457. The Morgan fingerprint density at radius 3 is 2.38 bits per heavy atom. The van der Waals surface area contributed by atoms with Crippen LogP contribution in [0.3, 0.4) is 0 Å². The van der Waals surface area contributed by atoms with Gasteiger partial charge in [0.1, 0.15) is 6.61 Å². The maximum absolute atomic E-state index is 9.84. The highest BCUT2D eigenvalue weighted by Gasteiger charge is 2.34. The standard InChI is InChI=1S/C2H3BrINO3/c3-2(4,1-6)5(7)8/h6H,1H2. The highest BCUT2D eigenvalue weighted by molar-refractivity contribution is 14.1. The van der Waals surface area contributed by atoms with Crippen LogP contribution in [0.4, 0.5) is 0 Å². The van der Waals surface area contributed by atoms with Gasteiger partial charge in [0.2, 0.25) is 0 Å². The van der Waals surface area contributed by atoms with Gasteiger partial charge < -0.3 is 5.11 Å². The summed E-state index contributed by atoms with van der Waals surface area (Å²) in [5, 5.41) is 18.1. The van der Waals surface area contributed by atoms with E-state index in [9.17, 15) is 10.1 Å². The van der Waals surface area contributed by atoms with E-state index in [1.54, 1.807) is 0 Å². The fourth-order valence-corrected chi connectivity index (χ4v) is 0.0577. The molecule has 48 valence electrons. The molecule has 0 radical (unpaired) electrons. The van der Waals surface area contributed by atoms with Gasteiger partial charge in [0.15, 0.2) is 0 Å². The molecular formula is C2H3BrINO3. The van der Waals surface area contributed by atoms with Crippen LogP contribution in [-0.2, 0) is 0 Å². The first-order valence-electron chi connectivity index (χ1n) is 1.64. The molecule has 0 spiro atoms. The van der Waals surface area contributed by atoms with Crippen molar-refractivity contribution in [2.24, 2.45) is 0 Å². The number of nitro groups is 1. The van der Waals surface area contributed by atoms with Gasteiger partial charge in [-0.1, -0.05) is 0 Å².